The maximum Gasteiger partial charge on any atom is 0.0208 e. The molecule has 1 aliphatic carbocycles. The van der Waals surface area contributed by atoms with Crippen LogP contribution in [0.1, 0.15) is 56.7 Å². The van der Waals surface area contributed by atoms with Crippen molar-refractivity contribution in [3.63, 3.8) is 0 Å². The van der Waals surface area contributed by atoms with Crippen molar-refractivity contribution in [3.8, 4) is 0 Å². The summed E-state index contributed by atoms with van der Waals surface area (Å²) in [6.45, 7) is 9.30. The third-order valence-corrected chi connectivity index (χ3v) is 7.01. The SMILES string of the molecule is CCC=C1/C(=C\C(C)c2ccc(I)c3ccccc23)C(C)(C)c2ccccc21. The first kappa shape index (κ1) is 19.4. The van der Waals surface area contributed by atoms with E-state index in [0.29, 0.717) is 5.92 Å². The van der Waals surface area contributed by atoms with Crippen molar-refractivity contribution >= 4 is 38.9 Å². The van der Waals surface area contributed by atoms with E-state index in [2.05, 4.69) is 123 Å². The topological polar surface area (TPSA) is 0 Å². The molecule has 0 spiro atoms. The lowest BCUT2D eigenvalue weighted by molar-refractivity contribution is 0.654. The quantitative estimate of drug-likeness (QED) is 0.333. The van der Waals surface area contributed by atoms with Gasteiger partial charge in [0.2, 0.25) is 0 Å². The zero-order valence-electron chi connectivity index (χ0n) is 17.1. The molecule has 0 radical (unpaired) electrons. The van der Waals surface area contributed by atoms with Crippen molar-refractivity contribution in [3.05, 3.63) is 98.6 Å². The second kappa shape index (κ2) is 7.51. The minimum absolute atomic E-state index is 0.0326. The molecule has 0 aliphatic heterocycles. The second-order valence-electron chi connectivity index (χ2n) is 8.25. The van der Waals surface area contributed by atoms with E-state index >= 15 is 0 Å². The van der Waals surface area contributed by atoms with Crippen LogP contribution in [0, 0.1) is 3.57 Å². The third kappa shape index (κ3) is 3.14. The van der Waals surface area contributed by atoms with Crippen molar-refractivity contribution < 1.29 is 0 Å². The van der Waals surface area contributed by atoms with Crippen molar-refractivity contribution in [2.45, 2.75) is 45.4 Å². The van der Waals surface area contributed by atoms with Crippen LogP contribution in [0.15, 0.2) is 78.4 Å². The lowest BCUT2D eigenvalue weighted by atomic mass is 9.79. The number of allylic oxidation sites excluding steroid dienone is 4. The molecule has 0 bridgehead atoms. The Hall–Kier alpha value is -1.87. The molecule has 0 heterocycles. The first-order valence-electron chi connectivity index (χ1n) is 10.1. The lowest BCUT2D eigenvalue weighted by Gasteiger charge is -2.24. The van der Waals surface area contributed by atoms with E-state index in [0.717, 1.165) is 6.42 Å². The first-order chi connectivity index (χ1) is 13.4. The average molecular weight is 478 g/mol. The van der Waals surface area contributed by atoms with E-state index in [1.807, 2.05) is 0 Å². The molecular weight excluding hydrogens is 451 g/mol. The fourth-order valence-electron chi connectivity index (χ4n) is 4.63. The van der Waals surface area contributed by atoms with Crippen LogP contribution in [0.2, 0.25) is 0 Å². The minimum Gasteiger partial charge on any atom is -0.0766 e. The molecule has 1 unspecified atom stereocenters. The summed E-state index contributed by atoms with van der Waals surface area (Å²) in [7, 11) is 0. The standard InChI is InChI=1S/C27H27I/c1-5-10-21-22-12-8-9-14-24(22)27(3,4)25(21)17-18(2)19-15-16-26(28)23-13-7-6-11-20(19)23/h6-18H,5H2,1-4H3/b21-10?,25-17+. The van der Waals surface area contributed by atoms with E-state index in [9.17, 15) is 0 Å². The van der Waals surface area contributed by atoms with Gasteiger partial charge in [0, 0.05) is 14.9 Å². The number of fused-ring (bicyclic) bond motifs is 2. The van der Waals surface area contributed by atoms with Gasteiger partial charge in [-0.15, -0.1) is 0 Å². The smallest absolute Gasteiger partial charge is 0.0208 e. The van der Waals surface area contributed by atoms with Gasteiger partial charge in [-0.2, -0.15) is 0 Å². The van der Waals surface area contributed by atoms with Crippen LogP contribution in [0.5, 0.6) is 0 Å². The number of rotatable bonds is 3. The van der Waals surface area contributed by atoms with E-state index in [1.54, 1.807) is 0 Å². The van der Waals surface area contributed by atoms with Crippen LogP contribution >= 0.6 is 22.6 Å². The predicted molar refractivity (Wildman–Crippen MR) is 131 cm³/mol. The van der Waals surface area contributed by atoms with E-state index in [4.69, 9.17) is 0 Å². The molecule has 1 heteroatoms. The van der Waals surface area contributed by atoms with Gasteiger partial charge in [-0.3, -0.25) is 0 Å². The Morgan fingerprint density at radius 3 is 2.36 bits per heavy atom. The molecule has 3 aromatic rings. The summed E-state index contributed by atoms with van der Waals surface area (Å²) >= 11 is 2.44. The van der Waals surface area contributed by atoms with Gasteiger partial charge in [-0.1, -0.05) is 94.4 Å². The Morgan fingerprint density at radius 1 is 0.929 bits per heavy atom. The summed E-state index contributed by atoms with van der Waals surface area (Å²) in [6, 6.07) is 22.3. The van der Waals surface area contributed by atoms with Gasteiger partial charge < -0.3 is 0 Å². The fraction of sp³-hybridized carbons (Fsp3) is 0.259. The highest BCUT2D eigenvalue weighted by molar-refractivity contribution is 14.1. The third-order valence-electron chi connectivity index (χ3n) is 6.07. The molecule has 0 saturated heterocycles. The zero-order chi connectivity index (χ0) is 19.9. The molecule has 142 valence electrons. The molecule has 0 fully saturated rings. The van der Waals surface area contributed by atoms with Crippen LogP contribution in [-0.4, -0.2) is 0 Å². The first-order valence-corrected chi connectivity index (χ1v) is 11.2. The Labute approximate surface area is 182 Å². The van der Waals surface area contributed by atoms with Gasteiger partial charge >= 0.3 is 0 Å². The Bertz CT molecular complexity index is 1100. The highest BCUT2D eigenvalue weighted by Gasteiger charge is 2.37. The molecule has 0 nitrogen and oxygen atoms in total. The van der Waals surface area contributed by atoms with Crippen molar-refractivity contribution in [1.29, 1.82) is 0 Å². The summed E-state index contributed by atoms with van der Waals surface area (Å²) < 4.78 is 1.32. The lowest BCUT2D eigenvalue weighted by Crippen LogP contribution is -2.16. The molecular formula is C27H27I. The molecule has 4 rings (SSSR count). The highest BCUT2D eigenvalue weighted by Crippen LogP contribution is 2.50. The summed E-state index contributed by atoms with van der Waals surface area (Å²) in [6.07, 6.45) is 5.96. The number of hydrogen-bond donors (Lipinski definition) is 0. The molecule has 0 saturated carbocycles. The normalized spacial score (nSPS) is 19.3. The molecule has 28 heavy (non-hydrogen) atoms. The van der Waals surface area contributed by atoms with E-state index in [-0.39, 0.29) is 5.41 Å². The number of benzene rings is 3. The van der Waals surface area contributed by atoms with Gasteiger partial charge in [0.1, 0.15) is 0 Å². The van der Waals surface area contributed by atoms with E-state index in [1.165, 1.54) is 42.2 Å². The van der Waals surface area contributed by atoms with Gasteiger partial charge in [-0.25, -0.2) is 0 Å². The number of hydrogen-bond acceptors (Lipinski definition) is 0. The summed E-state index contributed by atoms with van der Waals surface area (Å²) in [5.41, 5.74) is 7.17. The maximum atomic E-state index is 2.51. The molecule has 0 N–H and O–H groups in total. The van der Waals surface area contributed by atoms with Gasteiger partial charge in [0.15, 0.2) is 0 Å². The van der Waals surface area contributed by atoms with Gasteiger partial charge in [0.25, 0.3) is 0 Å². The second-order valence-corrected chi connectivity index (χ2v) is 9.41. The monoisotopic (exact) mass is 478 g/mol. The predicted octanol–water partition coefficient (Wildman–Crippen LogP) is 8.26. The molecule has 1 aliphatic rings. The summed E-state index contributed by atoms with van der Waals surface area (Å²) in [4.78, 5) is 0. The van der Waals surface area contributed by atoms with Crippen LogP contribution in [-0.2, 0) is 5.41 Å². The zero-order valence-corrected chi connectivity index (χ0v) is 19.2. The summed E-state index contributed by atoms with van der Waals surface area (Å²) in [5, 5.41) is 2.72. The molecule has 3 aromatic carbocycles. The van der Waals surface area contributed by atoms with E-state index < -0.39 is 0 Å². The van der Waals surface area contributed by atoms with Crippen LogP contribution in [0.3, 0.4) is 0 Å². The number of halogens is 1. The largest absolute Gasteiger partial charge is 0.0766 e. The Morgan fingerprint density at radius 2 is 1.61 bits per heavy atom. The van der Waals surface area contributed by atoms with Crippen LogP contribution in [0.25, 0.3) is 16.3 Å². The molecule has 1 atom stereocenters. The fourth-order valence-corrected chi connectivity index (χ4v) is 5.28. The Balaban J connectivity index is 1.87. The minimum atomic E-state index is 0.0326. The van der Waals surface area contributed by atoms with Gasteiger partial charge in [-0.05, 0) is 73.7 Å². The van der Waals surface area contributed by atoms with Crippen molar-refractivity contribution in [2.24, 2.45) is 0 Å². The average Bonchev–Trinajstić information content (AvgIpc) is 2.90. The van der Waals surface area contributed by atoms with Crippen LogP contribution in [0.4, 0.5) is 0 Å². The van der Waals surface area contributed by atoms with Gasteiger partial charge in [0.05, 0.1) is 0 Å². The highest BCUT2D eigenvalue weighted by atomic mass is 127. The summed E-state index contributed by atoms with van der Waals surface area (Å²) in [5.74, 6) is 0.353. The molecule has 0 aromatic heterocycles. The molecule has 0 amide bonds. The maximum absolute atomic E-state index is 2.51. The Kier molecular flexibility index (Phi) is 5.22. The van der Waals surface area contributed by atoms with Crippen LogP contribution < -0.4 is 0 Å². The van der Waals surface area contributed by atoms with Crippen molar-refractivity contribution in [1.82, 2.24) is 0 Å². The van der Waals surface area contributed by atoms with Crippen molar-refractivity contribution in [2.75, 3.05) is 0 Å².